The molecule has 0 saturated heterocycles. The first-order valence-electron chi connectivity index (χ1n) is 7.08. The first-order chi connectivity index (χ1) is 11.0. The lowest BCUT2D eigenvalue weighted by Crippen LogP contribution is -2.43. The van der Waals surface area contributed by atoms with Gasteiger partial charge in [-0.25, -0.2) is 4.98 Å². The molecule has 0 bridgehead atoms. The van der Waals surface area contributed by atoms with Crippen molar-refractivity contribution < 1.29 is 18.7 Å². The molecule has 2 N–H and O–H groups in total. The third-order valence-corrected chi connectivity index (χ3v) is 3.55. The molecule has 1 amide bonds. The Morgan fingerprint density at radius 3 is 2.92 bits per heavy atom. The number of amides is 1. The van der Waals surface area contributed by atoms with Crippen LogP contribution in [0.2, 0.25) is 0 Å². The molecule has 0 fully saturated rings. The number of rotatable bonds is 3. The Balaban J connectivity index is 0.00000208. The van der Waals surface area contributed by atoms with Crippen LogP contribution in [-0.4, -0.2) is 30.6 Å². The number of anilines is 1. The van der Waals surface area contributed by atoms with E-state index in [0.717, 1.165) is 5.56 Å². The summed E-state index contributed by atoms with van der Waals surface area (Å²) >= 11 is 0. The van der Waals surface area contributed by atoms with Gasteiger partial charge in [0.2, 0.25) is 11.9 Å². The molecule has 2 aromatic rings. The molecule has 0 spiro atoms. The highest BCUT2D eigenvalue weighted by Gasteiger charge is 2.26. The number of ether oxygens (including phenoxy) is 2. The van der Waals surface area contributed by atoms with E-state index < -0.39 is 12.0 Å². The van der Waals surface area contributed by atoms with Gasteiger partial charge in [0.25, 0.3) is 0 Å². The van der Waals surface area contributed by atoms with Crippen molar-refractivity contribution in [2.24, 2.45) is 5.73 Å². The van der Waals surface area contributed by atoms with E-state index in [2.05, 4.69) is 4.98 Å². The molecule has 128 valence electrons. The predicted molar refractivity (Wildman–Crippen MR) is 89.1 cm³/mol. The van der Waals surface area contributed by atoms with E-state index in [1.807, 2.05) is 0 Å². The van der Waals surface area contributed by atoms with E-state index >= 15 is 0 Å². The van der Waals surface area contributed by atoms with Crippen LogP contribution in [0.5, 0.6) is 11.5 Å². The van der Waals surface area contributed by atoms with Crippen LogP contribution in [0.4, 0.5) is 10.1 Å². The van der Waals surface area contributed by atoms with Crippen LogP contribution in [0, 0.1) is 5.95 Å². The molecule has 1 atom stereocenters. The van der Waals surface area contributed by atoms with E-state index in [-0.39, 0.29) is 31.5 Å². The fourth-order valence-corrected chi connectivity index (χ4v) is 2.25. The first kappa shape index (κ1) is 18.0. The molecule has 3 rings (SSSR count). The Hall–Kier alpha value is -2.38. The number of aromatic nitrogens is 1. The summed E-state index contributed by atoms with van der Waals surface area (Å²) < 4.78 is 24.0. The standard InChI is InChI=1S/C16H16FN3O3.ClH/c1-20-13-6-11(22-8-10-2-5-15(17)19-7-10)3-4-14(13)23-9-12(18)16(20)21;/h2-7,12H,8-9,18H2,1H3;1H/t12-;/m0./s1. The van der Waals surface area contributed by atoms with Gasteiger partial charge in [-0.1, -0.05) is 0 Å². The normalized spacial score (nSPS) is 16.5. The minimum Gasteiger partial charge on any atom is -0.489 e. The van der Waals surface area contributed by atoms with Crippen molar-refractivity contribution in [2.75, 3.05) is 18.6 Å². The molecule has 1 aliphatic rings. The van der Waals surface area contributed by atoms with Gasteiger partial charge in [0, 0.05) is 24.9 Å². The van der Waals surface area contributed by atoms with Crippen LogP contribution < -0.4 is 20.1 Å². The summed E-state index contributed by atoms with van der Waals surface area (Å²) in [4.78, 5) is 17.1. The largest absolute Gasteiger partial charge is 0.489 e. The minimum atomic E-state index is -0.693. The maximum Gasteiger partial charge on any atom is 0.247 e. The summed E-state index contributed by atoms with van der Waals surface area (Å²) in [6.45, 7) is 0.377. The van der Waals surface area contributed by atoms with E-state index in [0.29, 0.717) is 17.2 Å². The molecule has 0 saturated carbocycles. The van der Waals surface area contributed by atoms with Crippen molar-refractivity contribution >= 4 is 24.0 Å². The van der Waals surface area contributed by atoms with Crippen LogP contribution in [0.15, 0.2) is 36.5 Å². The second-order valence-corrected chi connectivity index (χ2v) is 5.22. The van der Waals surface area contributed by atoms with Crippen LogP contribution in [-0.2, 0) is 11.4 Å². The zero-order valence-corrected chi connectivity index (χ0v) is 13.8. The number of likely N-dealkylation sites (N-methyl/N-ethyl adjacent to an activating group) is 1. The van der Waals surface area contributed by atoms with E-state index in [4.69, 9.17) is 15.2 Å². The topological polar surface area (TPSA) is 77.7 Å². The van der Waals surface area contributed by atoms with E-state index in [1.54, 1.807) is 31.3 Å². The van der Waals surface area contributed by atoms with Gasteiger partial charge in [0.15, 0.2) is 0 Å². The number of benzene rings is 1. The Morgan fingerprint density at radius 1 is 1.42 bits per heavy atom. The summed E-state index contributed by atoms with van der Waals surface area (Å²) in [5.74, 6) is 0.382. The number of hydrogen-bond acceptors (Lipinski definition) is 5. The van der Waals surface area contributed by atoms with E-state index in [9.17, 15) is 9.18 Å². The number of carbonyl (C=O) groups is 1. The molecule has 0 aliphatic carbocycles. The van der Waals surface area contributed by atoms with Gasteiger partial charge in [-0.3, -0.25) is 4.79 Å². The van der Waals surface area contributed by atoms with Gasteiger partial charge in [-0.05, 0) is 24.3 Å². The number of fused-ring (bicyclic) bond motifs is 1. The first-order valence-corrected chi connectivity index (χ1v) is 7.08. The molecule has 1 aromatic heterocycles. The second kappa shape index (κ2) is 7.46. The minimum absolute atomic E-state index is 0. The number of nitrogens with two attached hydrogens (primary N) is 1. The van der Waals surface area contributed by atoms with Crippen LogP contribution in [0.25, 0.3) is 0 Å². The quantitative estimate of drug-likeness (QED) is 0.853. The van der Waals surface area contributed by atoms with Crippen LogP contribution >= 0.6 is 12.4 Å². The molecule has 2 heterocycles. The van der Waals surface area contributed by atoms with Crippen molar-refractivity contribution in [3.05, 3.63) is 48.0 Å². The summed E-state index contributed by atoms with van der Waals surface area (Å²) in [6, 6.07) is 7.37. The number of pyridine rings is 1. The smallest absolute Gasteiger partial charge is 0.247 e. The predicted octanol–water partition coefficient (Wildman–Crippen LogP) is 1.90. The Kier molecular flexibility index (Phi) is 5.58. The third-order valence-electron chi connectivity index (χ3n) is 3.55. The van der Waals surface area contributed by atoms with E-state index in [1.165, 1.54) is 17.2 Å². The monoisotopic (exact) mass is 353 g/mol. The van der Waals surface area contributed by atoms with Gasteiger partial charge >= 0.3 is 0 Å². The number of hydrogen-bond donors (Lipinski definition) is 1. The molecular formula is C16H17ClFN3O3. The zero-order valence-electron chi connectivity index (χ0n) is 12.9. The third kappa shape index (κ3) is 3.74. The fourth-order valence-electron chi connectivity index (χ4n) is 2.25. The van der Waals surface area contributed by atoms with Crippen molar-refractivity contribution in [2.45, 2.75) is 12.6 Å². The highest BCUT2D eigenvalue weighted by molar-refractivity contribution is 5.98. The molecule has 0 radical (unpaired) electrons. The molecule has 1 aromatic carbocycles. The Morgan fingerprint density at radius 2 is 2.21 bits per heavy atom. The summed E-state index contributed by atoms with van der Waals surface area (Å²) in [5, 5.41) is 0. The van der Waals surface area contributed by atoms with Crippen LogP contribution in [0.1, 0.15) is 5.56 Å². The van der Waals surface area contributed by atoms with Crippen molar-refractivity contribution in [3.63, 3.8) is 0 Å². The van der Waals surface area contributed by atoms with Crippen molar-refractivity contribution in [3.8, 4) is 11.5 Å². The Bertz CT molecular complexity index is 727. The average Bonchev–Trinajstić information content (AvgIpc) is 2.67. The summed E-state index contributed by atoms with van der Waals surface area (Å²) in [7, 11) is 1.64. The highest BCUT2D eigenvalue weighted by Crippen LogP contribution is 2.34. The molecule has 8 heteroatoms. The zero-order chi connectivity index (χ0) is 16.4. The SMILES string of the molecule is CN1C(=O)[C@@H](N)COc2ccc(OCc3ccc(F)nc3)cc21.Cl. The number of halogens is 2. The average molecular weight is 354 g/mol. The molecule has 0 unspecified atom stereocenters. The number of nitrogens with zero attached hydrogens (tertiary/aromatic N) is 2. The van der Waals surface area contributed by atoms with Crippen LogP contribution in [0.3, 0.4) is 0 Å². The van der Waals surface area contributed by atoms with Gasteiger partial charge in [0.1, 0.15) is 30.8 Å². The van der Waals surface area contributed by atoms with Crippen molar-refractivity contribution in [1.82, 2.24) is 4.98 Å². The molecule has 24 heavy (non-hydrogen) atoms. The summed E-state index contributed by atoms with van der Waals surface area (Å²) in [5.41, 5.74) is 7.08. The van der Waals surface area contributed by atoms with Gasteiger partial charge < -0.3 is 20.1 Å². The fraction of sp³-hybridized carbons (Fsp3) is 0.250. The maximum atomic E-state index is 12.8. The van der Waals surface area contributed by atoms with Gasteiger partial charge in [-0.2, -0.15) is 4.39 Å². The highest BCUT2D eigenvalue weighted by atomic mass is 35.5. The molecule has 6 nitrogen and oxygen atoms in total. The van der Waals surface area contributed by atoms with Gasteiger partial charge in [-0.15, -0.1) is 12.4 Å². The lowest BCUT2D eigenvalue weighted by molar-refractivity contribution is -0.119. The Labute approximate surface area is 144 Å². The maximum absolute atomic E-state index is 12.8. The lowest BCUT2D eigenvalue weighted by atomic mass is 10.2. The lowest BCUT2D eigenvalue weighted by Gasteiger charge is -2.18. The van der Waals surface area contributed by atoms with Crippen molar-refractivity contribution in [1.29, 1.82) is 0 Å². The second-order valence-electron chi connectivity index (χ2n) is 5.22. The molecular weight excluding hydrogens is 337 g/mol. The number of carbonyl (C=O) groups excluding carboxylic acids is 1. The van der Waals surface area contributed by atoms with Gasteiger partial charge in [0.05, 0.1) is 5.69 Å². The molecule has 1 aliphatic heterocycles. The summed E-state index contributed by atoms with van der Waals surface area (Å²) in [6.07, 6.45) is 1.41.